The van der Waals surface area contributed by atoms with Gasteiger partial charge in [-0.05, 0) is 48.9 Å². The number of alkyl halides is 3. The number of aryl methyl sites for hydroxylation is 1. The van der Waals surface area contributed by atoms with Crippen molar-refractivity contribution in [2.75, 3.05) is 16.9 Å². The Balaban J connectivity index is 1.38. The molecule has 0 aliphatic heterocycles. The van der Waals surface area contributed by atoms with E-state index in [1.807, 2.05) is 31.2 Å². The topological polar surface area (TPSA) is 98.7 Å². The van der Waals surface area contributed by atoms with Crippen molar-refractivity contribution in [3.63, 3.8) is 0 Å². The van der Waals surface area contributed by atoms with Crippen LogP contribution < -0.4 is 11.2 Å². The highest BCUT2D eigenvalue weighted by Gasteiger charge is 2.38. The molecule has 0 saturated heterocycles. The summed E-state index contributed by atoms with van der Waals surface area (Å²) in [6.07, 6.45) is -4.72. The molecule has 4 rings (SSSR count). The van der Waals surface area contributed by atoms with Gasteiger partial charge in [-0.15, -0.1) is 21.5 Å². The van der Waals surface area contributed by atoms with E-state index in [4.69, 9.17) is 5.84 Å². The van der Waals surface area contributed by atoms with Crippen LogP contribution in [0.4, 0.5) is 18.9 Å². The molecule has 4 aromatic rings. The van der Waals surface area contributed by atoms with Gasteiger partial charge in [0.15, 0.2) is 0 Å². The molecule has 12 heteroatoms. The number of benzene rings is 2. The van der Waals surface area contributed by atoms with E-state index in [0.717, 1.165) is 32.5 Å². The van der Waals surface area contributed by atoms with Crippen LogP contribution in [0.5, 0.6) is 0 Å². The van der Waals surface area contributed by atoms with Crippen LogP contribution in [-0.4, -0.2) is 31.5 Å². The van der Waals surface area contributed by atoms with Gasteiger partial charge >= 0.3 is 6.18 Å². The molecule has 31 heavy (non-hydrogen) atoms. The summed E-state index contributed by atoms with van der Waals surface area (Å²) in [5.41, 5.74) is 3.57. The summed E-state index contributed by atoms with van der Waals surface area (Å²) in [5, 5.41) is 9.74. The first-order valence-corrected chi connectivity index (χ1v) is 10.7. The van der Waals surface area contributed by atoms with Crippen LogP contribution in [0.3, 0.4) is 0 Å². The Labute approximate surface area is 182 Å². The van der Waals surface area contributed by atoms with Gasteiger partial charge in [-0.3, -0.25) is 4.79 Å². The number of rotatable bonds is 5. The Morgan fingerprint density at radius 3 is 2.61 bits per heavy atom. The number of anilines is 1. The Hall–Kier alpha value is -3.12. The highest BCUT2D eigenvalue weighted by Crippen LogP contribution is 2.31. The number of thioether (sulfide) groups is 1. The minimum atomic E-state index is -4.72. The van der Waals surface area contributed by atoms with Crippen LogP contribution in [-0.2, 0) is 11.0 Å². The maximum Gasteiger partial charge on any atom is 0.453 e. The average Bonchev–Trinajstić information content (AvgIpc) is 3.29. The molecule has 160 valence electrons. The largest absolute Gasteiger partial charge is 0.453 e. The number of halogens is 3. The Morgan fingerprint density at radius 2 is 1.94 bits per heavy atom. The van der Waals surface area contributed by atoms with Gasteiger partial charge in [0.2, 0.25) is 11.1 Å². The molecule has 3 N–H and O–H groups in total. The standard InChI is InChI=1S/C19H15F3N6OS2/c1-10-2-7-13-14(8-10)31-16(25-13)11-3-5-12(6-4-11)24-15(29)9-30-18-27-26-17(28(18)23)19(20,21)22/h2-8H,9,23H2,1H3,(H,24,29). The number of nitrogens with zero attached hydrogens (tertiary/aromatic N) is 4. The van der Waals surface area contributed by atoms with Crippen LogP contribution in [0.2, 0.25) is 0 Å². The highest BCUT2D eigenvalue weighted by atomic mass is 32.2. The molecule has 0 aliphatic rings. The predicted octanol–water partition coefficient (Wildman–Crippen LogP) is 4.33. The lowest BCUT2D eigenvalue weighted by Crippen LogP contribution is -2.22. The summed E-state index contributed by atoms with van der Waals surface area (Å²) in [7, 11) is 0. The van der Waals surface area contributed by atoms with Crippen molar-refractivity contribution in [3.8, 4) is 10.6 Å². The molecule has 0 fully saturated rings. The SMILES string of the molecule is Cc1ccc2nc(-c3ccc(NC(=O)CSc4nnc(C(F)(F)F)n4N)cc3)sc2c1. The van der Waals surface area contributed by atoms with E-state index < -0.39 is 17.9 Å². The molecule has 2 aromatic carbocycles. The minimum Gasteiger partial charge on any atom is -0.335 e. The van der Waals surface area contributed by atoms with Gasteiger partial charge < -0.3 is 11.2 Å². The molecule has 2 aromatic heterocycles. The number of fused-ring (bicyclic) bond motifs is 1. The number of carbonyl (C=O) groups is 1. The smallest absolute Gasteiger partial charge is 0.335 e. The first kappa shape index (κ1) is 21.1. The predicted molar refractivity (Wildman–Crippen MR) is 114 cm³/mol. The fourth-order valence-electron chi connectivity index (χ4n) is 2.75. The summed E-state index contributed by atoms with van der Waals surface area (Å²) >= 11 is 2.34. The fraction of sp³-hybridized carbons (Fsp3) is 0.158. The summed E-state index contributed by atoms with van der Waals surface area (Å²) in [5.74, 6) is 3.44. The number of amides is 1. The molecule has 2 heterocycles. The number of nitrogens with two attached hydrogens (primary N) is 1. The van der Waals surface area contributed by atoms with Crippen LogP contribution in [0.1, 0.15) is 11.4 Å². The first-order valence-electron chi connectivity index (χ1n) is 8.88. The monoisotopic (exact) mass is 464 g/mol. The zero-order chi connectivity index (χ0) is 22.2. The minimum absolute atomic E-state index is 0.174. The molecular formula is C19H15F3N6OS2. The van der Waals surface area contributed by atoms with E-state index in [1.165, 1.54) is 5.56 Å². The van der Waals surface area contributed by atoms with Crippen molar-refractivity contribution in [1.82, 2.24) is 19.9 Å². The Kier molecular flexibility index (Phi) is 5.58. The number of hydrogen-bond donors (Lipinski definition) is 2. The van der Waals surface area contributed by atoms with Gasteiger partial charge in [-0.2, -0.15) is 13.2 Å². The lowest BCUT2D eigenvalue weighted by Gasteiger charge is -2.07. The van der Waals surface area contributed by atoms with Gasteiger partial charge in [0.05, 0.1) is 16.0 Å². The third-order valence-corrected chi connectivity index (χ3v) is 6.22. The molecule has 0 spiro atoms. The number of aromatic nitrogens is 4. The van der Waals surface area contributed by atoms with Crippen molar-refractivity contribution in [3.05, 3.63) is 53.9 Å². The van der Waals surface area contributed by atoms with Gasteiger partial charge in [0, 0.05) is 11.3 Å². The van der Waals surface area contributed by atoms with Crippen molar-refractivity contribution in [1.29, 1.82) is 0 Å². The van der Waals surface area contributed by atoms with Gasteiger partial charge in [-0.1, -0.05) is 17.8 Å². The van der Waals surface area contributed by atoms with Crippen LogP contribution >= 0.6 is 23.1 Å². The van der Waals surface area contributed by atoms with Crippen LogP contribution in [0.15, 0.2) is 47.6 Å². The van der Waals surface area contributed by atoms with E-state index in [1.54, 1.807) is 23.5 Å². The van der Waals surface area contributed by atoms with Gasteiger partial charge in [0.25, 0.3) is 5.82 Å². The molecule has 0 saturated carbocycles. The zero-order valence-corrected chi connectivity index (χ0v) is 17.6. The molecule has 0 radical (unpaired) electrons. The van der Waals surface area contributed by atoms with Gasteiger partial charge in [0.1, 0.15) is 5.01 Å². The molecule has 0 unspecified atom stereocenters. The molecule has 0 aliphatic carbocycles. The Morgan fingerprint density at radius 1 is 1.19 bits per heavy atom. The third-order valence-electron chi connectivity index (χ3n) is 4.21. The second-order valence-electron chi connectivity index (χ2n) is 6.58. The highest BCUT2D eigenvalue weighted by molar-refractivity contribution is 7.99. The Bertz CT molecular complexity index is 1250. The van der Waals surface area contributed by atoms with E-state index in [2.05, 4.69) is 26.6 Å². The van der Waals surface area contributed by atoms with E-state index >= 15 is 0 Å². The molecule has 7 nitrogen and oxygen atoms in total. The summed E-state index contributed by atoms with van der Waals surface area (Å²) < 4.78 is 39.5. The quantitative estimate of drug-likeness (QED) is 0.337. The molecular weight excluding hydrogens is 449 g/mol. The van der Waals surface area contributed by atoms with E-state index in [-0.39, 0.29) is 10.9 Å². The van der Waals surface area contributed by atoms with Crippen molar-refractivity contribution in [2.45, 2.75) is 18.3 Å². The van der Waals surface area contributed by atoms with Gasteiger partial charge in [-0.25, -0.2) is 9.66 Å². The number of nitrogen functional groups attached to an aromatic ring is 1. The average molecular weight is 464 g/mol. The summed E-state index contributed by atoms with van der Waals surface area (Å²) in [6.45, 7) is 2.03. The first-order chi connectivity index (χ1) is 14.7. The lowest BCUT2D eigenvalue weighted by molar-refractivity contribution is -0.146. The van der Waals surface area contributed by atoms with E-state index in [9.17, 15) is 18.0 Å². The van der Waals surface area contributed by atoms with Crippen molar-refractivity contribution < 1.29 is 18.0 Å². The number of carbonyl (C=O) groups excluding carboxylic acids is 1. The number of nitrogens with one attached hydrogen (secondary N) is 1. The summed E-state index contributed by atoms with van der Waals surface area (Å²) in [4.78, 5) is 16.8. The van der Waals surface area contributed by atoms with Crippen molar-refractivity contribution >= 4 is 44.9 Å². The number of hydrogen-bond acceptors (Lipinski definition) is 7. The maximum atomic E-state index is 12.7. The molecule has 0 bridgehead atoms. The molecule has 0 atom stereocenters. The number of thiazole rings is 1. The third kappa shape index (κ3) is 4.64. The summed E-state index contributed by atoms with van der Waals surface area (Å²) in [6, 6.07) is 13.3. The second kappa shape index (κ2) is 8.19. The fourth-order valence-corrected chi connectivity index (χ4v) is 4.47. The molecule has 1 amide bonds. The maximum absolute atomic E-state index is 12.7. The van der Waals surface area contributed by atoms with Crippen LogP contribution in [0.25, 0.3) is 20.8 Å². The van der Waals surface area contributed by atoms with Crippen LogP contribution in [0, 0.1) is 6.92 Å². The lowest BCUT2D eigenvalue weighted by atomic mass is 10.2. The second-order valence-corrected chi connectivity index (χ2v) is 8.55. The normalized spacial score (nSPS) is 11.7. The van der Waals surface area contributed by atoms with E-state index in [0.29, 0.717) is 10.4 Å². The van der Waals surface area contributed by atoms with Crippen molar-refractivity contribution in [2.24, 2.45) is 0 Å². The zero-order valence-electron chi connectivity index (χ0n) is 16.0.